The first-order valence-corrected chi connectivity index (χ1v) is 8.70. The number of rotatable bonds is 4. The van der Waals surface area contributed by atoms with Gasteiger partial charge in [0.15, 0.2) is 5.69 Å². The maximum Gasteiger partial charge on any atom is 0.276 e. The minimum atomic E-state index is -0.481. The maximum absolute atomic E-state index is 13.1. The maximum atomic E-state index is 13.1. The van der Waals surface area contributed by atoms with E-state index in [0.717, 1.165) is 5.82 Å². The van der Waals surface area contributed by atoms with E-state index in [4.69, 9.17) is 0 Å². The molecule has 0 radical (unpaired) electrons. The number of nitro groups is 1. The largest absolute Gasteiger partial charge is 0.336 e. The van der Waals surface area contributed by atoms with Gasteiger partial charge in [0.1, 0.15) is 11.9 Å². The van der Waals surface area contributed by atoms with Gasteiger partial charge in [0.25, 0.3) is 11.6 Å². The molecule has 3 heterocycles. The average molecular weight is 419 g/mol. The summed E-state index contributed by atoms with van der Waals surface area (Å²) in [6.45, 7) is 1.78. The van der Waals surface area contributed by atoms with E-state index in [1.807, 2.05) is 17.8 Å². The van der Waals surface area contributed by atoms with Crippen molar-refractivity contribution in [2.75, 3.05) is 19.6 Å². The second-order valence-electron chi connectivity index (χ2n) is 6.44. The van der Waals surface area contributed by atoms with Gasteiger partial charge in [0, 0.05) is 51.2 Å². The summed E-state index contributed by atoms with van der Waals surface area (Å²) < 4.78 is 3.25. The average Bonchev–Trinajstić information content (AvgIpc) is 3.37. The Balaban J connectivity index is 0.00000240. The summed E-state index contributed by atoms with van der Waals surface area (Å²) in [5.74, 6) is 0.526. The molecule has 0 aliphatic carbocycles. The summed E-state index contributed by atoms with van der Waals surface area (Å²) in [7, 11) is 1.89. The first kappa shape index (κ1) is 20.4. The molecule has 1 fully saturated rings. The zero-order valence-corrected chi connectivity index (χ0v) is 16.3. The standard InChI is InChI=1S/C17H18N8O3.ClH/c1-22-7-6-19-16(22)15-10-18-5-8-23(15)17(26)14-11-24(21-20-14)12-3-2-4-13(9-12)25(27)28;/h2-4,6-7,9,11,15,18H,5,8,10H2,1H3;1H. The van der Waals surface area contributed by atoms with Crippen molar-refractivity contribution in [2.24, 2.45) is 7.05 Å². The van der Waals surface area contributed by atoms with Crippen molar-refractivity contribution >= 4 is 24.0 Å². The highest BCUT2D eigenvalue weighted by Crippen LogP contribution is 2.23. The Hall–Kier alpha value is -3.31. The fourth-order valence-electron chi connectivity index (χ4n) is 3.26. The first-order chi connectivity index (χ1) is 13.5. The van der Waals surface area contributed by atoms with Crippen LogP contribution in [0.1, 0.15) is 22.4 Å². The van der Waals surface area contributed by atoms with E-state index in [1.165, 1.54) is 23.0 Å². The number of carbonyl (C=O) groups is 1. The Morgan fingerprint density at radius 3 is 2.93 bits per heavy atom. The molecule has 1 saturated heterocycles. The summed E-state index contributed by atoms with van der Waals surface area (Å²) >= 11 is 0. The van der Waals surface area contributed by atoms with Gasteiger partial charge in [-0.05, 0) is 6.07 Å². The highest BCUT2D eigenvalue weighted by Gasteiger charge is 2.32. The van der Waals surface area contributed by atoms with Crippen molar-refractivity contribution in [1.82, 2.24) is 34.8 Å². The van der Waals surface area contributed by atoms with Crippen LogP contribution in [0.3, 0.4) is 0 Å². The third kappa shape index (κ3) is 3.96. The number of benzene rings is 1. The molecule has 2 aromatic heterocycles. The number of piperazine rings is 1. The molecule has 1 aliphatic heterocycles. The number of amides is 1. The molecular formula is C17H19ClN8O3. The molecule has 152 valence electrons. The van der Waals surface area contributed by atoms with Gasteiger partial charge in [0.2, 0.25) is 0 Å². The fraction of sp³-hybridized carbons (Fsp3) is 0.294. The SMILES string of the molecule is Cl.Cn1ccnc1C1CNCCN1C(=O)c1cn(-c2cccc([N+](=O)[O-])c2)nn1. The summed E-state index contributed by atoms with van der Waals surface area (Å²) in [6.07, 6.45) is 5.02. The van der Waals surface area contributed by atoms with E-state index >= 15 is 0 Å². The van der Waals surface area contributed by atoms with Crippen molar-refractivity contribution in [3.05, 3.63) is 64.5 Å². The number of imidazole rings is 1. The molecule has 1 unspecified atom stereocenters. The van der Waals surface area contributed by atoms with Gasteiger partial charge in [-0.15, -0.1) is 17.5 Å². The lowest BCUT2D eigenvalue weighted by molar-refractivity contribution is -0.384. The normalized spacial score (nSPS) is 16.3. The first-order valence-electron chi connectivity index (χ1n) is 8.70. The van der Waals surface area contributed by atoms with Gasteiger partial charge in [0.05, 0.1) is 16.8 Å². The van der Waals surface area contributed by atoms with E-state index in [0.29, 0.717) is 25.3 Å². The molecule has 1 amide bonds. The third-order valence-electron chi connectivity index (χ3n) is 4.68. The van der Waals surface area contributed by atoms with Crippen LogP contribution in [0.15, 0.2) is 42.9 Å². The van der Waals surface area contributed by atoms with Crippen LogP contribution >= 0.6 is 12.4 Å². The fourth-order valence-corrected chi connectivity index (χ4v) is 3.26. The van der Waals surface area contributed by atoms with Gasteiger partial charge in [-0.3, -0.25) is 14.9 Å². The number of non-ortho nitro benzene ring substituents is 1. The number of hydrogen-bond acceptors (Lipinski definition) is 7. The van der Waals surface area contributed by atoms with Crippen LogP contribution in [0.5, 0.6) is 0 Å². The number of nitro benzene ring substituents is 1. The predicted octanol–water partition coefficient (Wildman–Crippen LogP) is 1.12. The van der Waals surface area contributed by atoms with Crippen molar-refractivity contribution in [2.45, 2.75) is 6.04 Å². The molecule has 4 rings (SSSR count). The lowest BCUT2D eigenvalue weighted by Crippen LogP contribution is -2.49. The Bertz CT molecular complexity index is 1030. The molecule has 1 atom stereocenters. The zero-order chi connectivity index (χ0) is 19.7. The quantitative estimate of drug-likeness (QED) is 0.497. The predicted molar refractivity (Wildman–Crippen MR) is 105 cm³/mol. The molecule has 3 aromatic rings. The summed E-state index contributed by atoms with van der Waals surface area (Å²) in [5.41, 5.74) is 0.576. The van der Waals surface area contributed by atoms with E-state index in [1.54, 1.807) is 23.2 Å². The van der Waals surface area contributed by atoms with Crippen LogP contribution < -0.4 is 5.32 Å². The molecule has 0 saturated carbocycles. The number of carbonyl (C=O) groups excluding carboxylic acids is 1. The van der Waals surface area contributed by atoms with Gasteiger partial charge in [-0.2, -0.15) is 0 Å². The Labute approximate surface area is 171 Å². The Kier molecular flexibility index (Phi) is 5.89. The highest BCUT2D eigenvalue weighted by atomic mass is 35.5. The molecule has 1 aliphatic rings. The Morgan fingerprint density at radius 1 is 1.38 bits per heavy atom. The molecule has 12 heteroatoms. The van der Waals surface area contributed by atoms with Gasteiger partial charge >= 0.3 is 0 Å². The third-order valence-corrected chi connectivity index (χ3v) is 4.68. The van der Waals surface area contributed by atoms with Gasteiger partial charge in [-0.25, -0.2) is 9.67 Å². The second-order valence-corrected chi connectivity index (χ2v) is 6.44. The Morgan fingerprint density at radius 2 is 2.21 bits per heavy atom. The van der Waals surface area contributed by atoms with Crippen molar-refractivity contribution < 1.29 is 9.72 Å². The van der Waals surface area contributed by atoms with E-state index < -0.39 is 4.92 Å². The zero-order valence-electron chi connectivity index (χ0n) is 15.5. The summed E-state index contributed by atoms with van der Waals surface area (Å²) in [4.78, 5) is 29.6. The number of nitrogens with one attached hydrogen (secondary N) is 1. The van der Waals surface area contributed by atoms with Crippen molar-refractivity contribution in [3.8, 4) is 5.69 Å². The molecular weight excluding hydrogens is 400 g/mol. The van der Waals surface area contributed by atoms with Gasteiger partial charge < -0.3 is 14.8 Å². The lowest BCUT2D eigenvalue weighted by atomic mass is 10.1. The molecule has 11 nitrogen and oxygen atoms in total. The topological polar surface area (TPSA) is 124 Å². The molecule has 0 bridgehead atoms. The van der Waals surface area contributed by atoms with Crippen LogP contribution in [-0.2, 0) is 7.05 Å². The van der Waals surface area contributed by atoms with E-state index in [9.17, 15) is 14.9 Å². The van der Waals surface area contributed by atoms with Crippen molar-refractivity contribution in [3.63, 3.8) is 0 Å². The van der Waals surface area contributed by atoms with Crippen LogP contribution in [0.4, 0.5) is 5.69 Å². The summed E-state index contributed by atoms with van der Waals surface area (Å²) in [6, 6.07) is 5.78. The highest BCUT2D eigenvalue weighted by molar-refractivity contribution is 5.92. The summed E-state index contributed by atoms with van der Waals surface area (Å²) in [5, 5.41) is 22.2. The van der Waals surface area contributed by atoms with Crippen LogP contribution in [0.2, 0.25) is 0 Å². The minimum Gasteiger partial charge on any atom is -0.336 e. The minimum absolute atomic E-state index is 0. The van der Waals surface area contributed by atoms with Gasteiger partial charge in [-0.1, -0.05) is 11.3 Å². The van der Waals surface area contributed by atoms with Crippen molar-refractivity contribution in [1.29, 1.82) is 0 Å². The number of hydrogen-bond donors (Lipinski definition) is 1. The van der Waals surface area contributed by atoms with Crippen LogP contribution in [-0.4, -0.2) is 59.9 Å². The lowest BCUT2D eigenvalue weighted by Gasteiger charge is -2.35. The van der Waals surface area contributed by atoms with E-state index in [2.05, 4.69) is 20.6 Å². The number of aryl methyl sites for hydroxylation is 1. The smallest absolute Gasteiger partial charge is 0.276 e. The molecule has 1 N–H and O–H groups in total. The number of halogens is 1. The number of aromatic nitrogens is 5. The van der Waals surface area contributed by atoms with Crippen LogP contribution in [0, 0.1) is 10.1 Å². The van der Waals surface area contributed by atoms with E-state index in [-0.39, 0.29) is 35.7 Å². The molecule has 1 aromatic carbocycles. The monoisotopic (exact) mass is 418 g/mol. The number of nitrogens with zero attached hydrogens (tertiary/aromatic N) is 7. The second kappa shape index (κ2) is 8.37. The molecule has 0 spiro atoms. The van der Waals surface area contributed by atoms with Crippen LogP contribution in [0.25, 0.3) is 5.69 Å². The molecule has 29 heavy (non-hydrogen) atoms.